The monoisotopic (exact) mass is 351 g/mol. The largest absolute Gasteiger partial charge is 0.348 e. The molecule has 2 heterocycles. The number of para-hydroxylation sites is 1. The number of nitrogens with zero attached hydrogens (tertiary/aromatic N) is 3. The summed E-state index contributed by atoms with van der Waals surface area (Å²) in [5, 5.41) is 0.937. The summed E-state index contributed by atoms with van der Waals surface area (Å²) in [6.07, 6.45) is 3.41. The van der Waals surface area contributed by atoms with Crippen molar-refractivity contribution < 1.29 is 8.42 Å². The molecule has 0 unspecified atom stereocenters. The van der Waals surface area contributed by atoms with Crippen molar-refractivity contribution in [2.24, 2.45) is 0 Å². The fourth-order valence-corrected chi connectivity index (χ4v) is 6.07. The fourth-order valence-electron chi connectivity index (χ4n) is 3.22. The van der Waals surface area contributed by atoms with Crippen molar-refractivity contribution in [2.75, 3.05) is 25.0 Å². The molecule has 0 spiro atoms. The summed E-state index contributed by atoms with van der Waals surface area (Å²) in [5.41, 5.74) is 1.04. The predicted octanol–water partition coefficient (Wildman–Crippen LogP) is 2.69. The number of hydrogen-bond acceptors (Lipinski definition) is 5. The second-order valence-corrected chi connectivity index (χ2v) is 9.72. The molecule has 0 radical (unpaired) electrons. The quantitative estimate of drug-likeness (QED) is 0.850. The molecule has 1 aliphatic heterocycles. The highest BCUT2D eigenvalue weighted by atomic mass is 32.2. The molecule has 2 aromatic rings. The van der Waals surface area contributed by atoms with E-state index in [1.54, 1.807) is 22.7 Å². The van der Waals surface area contributed by atoms with E-state index in [1.165, 1.54) is 4.70 Å². The zero-order valence-electron chi connectivity index (χ0n) is 13.2. The highest BCUT2D eigenvalue weighted by molar-refractivity contribution is 7.90. The van der Waals surface area contributed by atoms with Gasteiger partial charge in [-0.3, -0.25) is 0 Å². The van der Waals surface area contributed by atoms with Crippen LogP contribution in [0.3, 0.4) is 0 Å². The van der Waals surface area contributed by atoms with Crippen molar-refractivity contribution in [3.05, 3.63) is 24.3 Å². The van der Waals surface area contributed by atoms with Gasteiger partial charge in [-0.15, -0.1) is 0 Å². The molecule has 0 N–H and O–H groups in total. The normalized spacial score (nSPS) is 20.5. The maximum Gasteiger partial charge on any atom is 0.216 e. The van der Waals surface area contributed by atoms with Crippen molar-refractivity contribution >= 4 is 36.7 Å². The van der Waals surface area contributed by atoms with Crippen molar-refractivity contribution in [3.8, 4) is 0 Å². The summed E-state index contributed by atoms with van der Waals surface area (Å²) in [5.74, 6) is 0. The number of hydrogen-bond donors (Lipinski definition) is 0. The molecular formula is C16H21N3O2S2. The van der Waals surface area contributed by atoms with Gasteiger partial charge in [-0.05, 0) is 37.8 Å². The predicted molar refractivity (Wildman–Crippen MR) is 94.6 cm³/mol. The second kappa shape index (κ2) is 5.72. The second-order valence-electron chi connectivity index (χ2n) is 6.44. The van der Waals surface area contributed by atoms with Gasteiger partial charge in [0, 0.05) is 26.2 Å². The first kappa shape index (κ1) is 15.4. The minimum Gasteiger partial charge on any atom is -0.348 e. The molecule has 7 heteroatoms. The van der Waals surface area contributed by atoms with Gasteiger partial charge >= 0.3 is 0 Å². The number of sulfonamides is 1. The van der Waals surface area contributed by atoms with Gasteiger partial charge in [0.05, 0.1) is 15.5 Å². The smallest absolute Gasteiger partial charge is 0.216 e. The number of benzene rings is 1. The topological polar surface area (TPSA) is 53.5 Å². The van der Waals surface area contributed by atoms with Crippen LogP contribution in [-0.4, -0.2) is 49.1 Å². The van der Waals surface area contributed by atoms with Gasteiger partial charge < -0.3 is 4.90 Å². The molecule has 1 aliphatic carbocycles. The summed E-state index contributed by atoms with van der Waals surface area (Å²) < 4.78 is 27.6. The van der Waals surface area contributed by atoms with Crippen molar-refractivity contribution in [3.63, 3.8) is 0 Å². The Balaban J connectivity index is 1.44. The third-order valence-electron chi connectivity index (χ3n) is 4.88. The average molecular weight is 351 g/mol. The van der Waals surface area contributed by atoms with Crippen LogP contribution in [0.2, 0.25) is 0 Å². The summed E-state index contributed by atoms with van der Waals surface area (Å²) in [7, 11) is -1.31. The average Bonchev–Trinajstić information content (AvgIpc) is 3.34. The maximum atomic E-state index is 12.4. The molecular weight excluding hydrogens is 330 g/mol. The van der Waals surface area contributed by atoms with Gasteiger partial charge in [0.2, 0.25) is 10.0 Å². The Morgan fingerprint density at radius 2 is 1.87 bits per heavy atom. The number of aromatic nitrogens is 1. The Hall–Kier alpha value is -1.18. The minimum atomic E-state index is -3.07. The molecule has 2 fully saturated rings. The van der Waals surface area contributed by atoms with Crippen LogP contribution in [0.25, 0.3) is 10.2 Å². The molecule has 0 bridgehead atoms. The van der Waals surface area contributed by atoms with Crippen LogP contribution in [-0.2, 0) is 10.0 Å². The molecule has 2 aliphatic rings. The Bertz CT molecular complexity index is 773. The first-order chi connectivity index (χ1) is 11.1. The third-order valence-corrected chi connectivity index (χ3v) is 8.39. The SMILES string of the molecule is CN(C1CCN(c2nc3ccccc3s2)CC1)S(=O)(=O)C1CC1. The minimum absolute atomic E-state index is 0.116. The van der Waals surface area contributed by atoms with E-state index >= 15 is 0 Å². The van der Waals surface area contributed by atoms with Gasteiger partial charge in [-0.25, -0.2) is 17.7 Å². The molecule has 4 rings (SSSR count). The lowest BCUT2D eigenvalue weighted by atomic mass is 10.1. The van der Waals surface area contributed by atoms with Crippen molar-refractivity contribution in [1.82, 2.24) is 9.29 Å². The zero-order chi connectivity index (χ0) is 16.0. The van der Waals surface area contributed by atoms with E-state index in [0.29, 0.717) is 0 Å². The van der Waals surface area contributed by atoms with Crippen LogP contribution in [0.1, 0.15) is 25.7 Å². The number of thiazole rings is 1. The number of anilines is 1. The molecule has 1 saturated carbocycles. The summed E-state index contributed by atoms with van der Waals surface area (Å²) >= 11 is 1.72. The molecule has 5 nitrogen and oxygen atoms in total. The van der Waals surface area contributed by atoms with E-state index in [2.05, 4.69) is 11.0 Å². The first-order valence-electron chi connectivity index (χ1n) is 8.13. The zero-order valence-corrected chi connectivity index (χ0v) is 14.8. The van der Waals surface area contributed by atoms with E-state index in [9.17, 15) is 8.42 Å². The van der Waals surface area contributed by atoms with Gasteiger partial charge in [0.1, 0.15) is 0 Å². The van der Waals surface area contributed by atoms with E-state index in [0.717, 1.165) is 49.4 Å². The molecule has 0 atom stereocenters. The Kier molecular flexibility index (Phi) is 3.82. The Morgan fingerprint density at radius 3 is 2.52 bits per heavy atom. The van der Waals surface area contributed by atoms with Crippen LogP contribution in [0.5, 0.6) is 0 Å². The van der Waals surface area contributed by atoms with Crippen LogP contribution in [0.4, 0.5) is 5.13 Å². The lowest BCUT2D eigenvalue weighted by Gasteiger charge is -2.36. The molecule has 1 aromatic heterocycles. The number of piperidine rings is 1. The van der Waals surface area contributed by atoms with Crippen LogP contribution in [0.15, 0.2) is 24.3 Å². The fraction of sp³-hybridized carbons (Fsp3) is 0.562. The van der Waals surface area contributed by atoms with E-state index in [1.807, 2.05) is 18.2 Å². The van der Waals surface area contributed by atoms with Crippen LogP contribution >= 0.6 is 11.3 Å². The first-order valence-corrected chi connectivity index (χ1v) is 10.4. The van der Waals surface area contributed by atoms with Gasteiger partial charge in [-0.1, -0.05) is 23.5 Å². The molecule has 0 amide bonds. The van der Waals surface area contributed by atoms with E-state index < -0.39 is 10.0 Å². The molecule has 1 aromatic carbocycles. The van der Waals surface area contributed by atoms with E-state index in [-0.39, 0.29) is 11.3 Å². The molecule has 23 heavy (non-hydrogen) atoms. The van der Waals surface area contributed by atoms with Gasteiger partial charge in [-0.2, -0.15) is 0 Å². The third kappa shape index (κ3) is 2.86. The lowest BCUT2D eigenvalue weighted by Crippen LogP contribution is -2.46. The Labute approximate surface area is 141 Å². The highest BCUT2D eigenvalue weighted by Gasteiger charge is 2.41. The number of rotatable bonds is 4. The van der Waals surface area contributed by atoms with Crippen molar-refractivity contribution in [2.45, 2.75) is 37.0 Å². The van der Waals surface area contributed by atoms with Gasteiger partial charge in [0.15, 0.2) is 5.13 Å². The number of fused-ring (bicyclic) bond motifs is 1. The summed E-state index contributed by atoms with van der Waals surface area (Å²) in [6.45, 7) is 1.74. The van der Waals surface area contributed by atoms with Crippen LogP contribution < -0.4 is 4.90 Å². The van der Waals surface area contributed by atoms with Gasteiger partial charge in [0.25, 0.3) is 0 Å². The lowest BCUT2D eigenvalue weighted by molar-refractivity contribution is 0.311. The summed E-state index contributed by atoms with van der Waals surface area (Å²) in [4.78, 5) is 7.00. The van der Waals surface area contributed by atoms with E-state index in [4.69, 9.17) is 4.98 Å². The maximum absolute atomic E-state index is 12.4. The standard InChI is InChI=1S/C16H21N3O2S2/c1-18(23(20,21)13-6-7-13)12-8-10-19(11-9-12)16-17-14-4-2-3-5-15(14)22-16/h2-5,12-13H,6-11H2,1H3. The van der Waals surface area contributed by atoms with Crippen molar-refractivity contribution in [1.29, 1.82) is 0 Å². The molecule has 124 valence electrons. The van der Waals surface area contributed by atoms with Crippen LogP contribution in [0, 0.1) is 0 Å². The Morgan fingerprint density at radius 1 is 1.17 bits per heavy atom. The summed E-state index contributed by atoms with van der Waals surface area (Å²) in [6, 6.07) is 8.31. The molecule has 1 saturated heterocycles. The highest BCUT2D eigenvalue weighted by Crippen LogP contribution is 2.34.